The number of rotatable bonds is 7. The summed E-state index contributed by atoms with van der Waals surface area (Å²) in [6, 6.07) is 14.6. The van der Waals surface area contributed by atoms with E-state index in [-0.39, 0.29) is 11.8 Å². The molecule has 1 heterocycles. The number of hydrogen-bond acceptors (Lipinski definition) is 3. The van der Waals surface area contributed by atoms with Gasteiger partial charge < -0.3 is 15.5 Å². The Morgan fingerprint density at radius 1 is 0.893 bits per heavy atom. The van der Waals surface area contributed by atoms with Crippen molar-refractivity contribution in [2.75, 3.05) is 39.8 Å². The Bertz CT molecular complexity index is 740. The van der Waals surface area contributed by atoms with Crippen LogP contribution < -0.4 is 10.6 Å². The molecule has 3 rings (SSSR count). The van der Waals surface area contributed by atoms with Crippen LogP contribution in [0.1, 0.15) is 16.7 Å². The van der Waals surface area contributed by atoms with E-state index in [1.54, 1.807) is 12.1 Å². The predicted octanol–water partition coefficient (Wildman–Crippen LogP) is 2.62. The first-order chi connectivity index (χ1) is 13.6. The van der Waals surface area contributed by atoms with E-state index < -0.39 is 0 Å². The van der Waals surface area contributed by atoms with Crippen LogP contribution in [0.25, 0.3) is 0 Å². The van der Waals surface area contributed by atoms with Gasteiger partial charge in [0.15, 0.2) is 0 Å². The van der Waals surface area contributed by atoms with Crippen LogP contribution in [-0.2, 0) is 19.5 Å². The van der Waals surface area contributed by atoms with Crippen LogP contribution in [0.15, 0.2) is 48.5 Å². The third kappa shape index (κ3) is 6.62. The number of urea groups is 1. The second kappa shape index (κ2) is 10.2. The molecule has 2 amide bonds. The Morgan fingerprint density at radius 2 is 1.50 bits per heavy atom. The highest BCUT2D eigenvalue weighted by Gasteiger charge is 2.13. The number of carbonyl (C=O) groups is 1. The summed E-state index contributed by atoms with van der Waals surface area (Å²) < 4.78 is 12.9. The van der Waals surface area contributed by atoms with Gasteiger partial charge in [0.05, 0.1) is 0 Å². The molecule has 2 N–H and O–H groups in total. The summed E-state index contributed by atoms with van der Waals surface area (Å²) in [6.07, 6.45) is 0.675. The summed E-state index contributed by atoms with van der Waals surface area (Å²) in [5.41, 5.74) is 3.38. The largest absolute Gasteiger partial charge is 0.338 e. The highest BCUT2D eigenvalue weighted by Crippen LogP contribution is 2.10. The Morgan fingerprint density at radius 3 is 2.18 bits per heavy atom. The number of halogens is 1. The number of amides is 2. The van der Waals surface area contributed by atoms with Crippen molar-refractivity contribution < 1.29 is 9.18 Å². The molecule has 0 radical (unpaired) electrons. The minimum atomic E-state index is -0.246. The highest BCUT2D eigenvalue weighted by atomic mass is 19.1. The summed E-state index contributed by atoms with van der Waals surface area (Å²) in [7, 11) is 2.16. The predicted molar refractivity (Wildman–Crippen MR) is 110 cm³/mol. The van der Waals surface area contributed by atoms with Crippen molar-refractivity contribution in [3.05, 3.63) is 71.0 Å². The van der Waals surface area contributed by atoms with Crippen LogP contribution in [0.2, 0.25) is 0 Å². The van der Waals surface area contributed by atoms with Gasteiger partial charge in [-0.2, -0.15) is 0 Å². The van der Waals surface area contributed by atoms with Crippen LogP contribution in [-0.4, -0.2) is 55.6 Å². The molecule has 28 heavy (non-hydrogen) atoms. The van der Waals surface area contributed by atoms with Crippen molar-refractivity contribution in [3.8, 4) is 0 Å². The van der Waals surface area contributed by atoms with Gasteiger partial charge in [0.1, 0.15) is 5.82 Å². The van der Waals surface area contributed by atoms with Crippen LogP contribution in [0.3, 0.4) is 0 Å². The molecule has 5 nitrogen and oxygen atoms in total. The summed E-state index contributed by atoms with van der Waals surface area (Å²) in [6.45, 7) is 6.45. The molecular formula is C22H29FN4O. The molecule has 1 fully saturated rings. The SMILES string of the molecule is CN1CCN(Cc2ccc(CNC(=O)NCCc3ccc(F)cc3)cc2)CC1. The Balaban J connectivity index is 1.34. The lowest BCUT2D eigenvalue weighted by atomic mass is 10.1. The lowest BCUT2D eigenvalue weighted by molar-refractivity contribution is 0.148. The molecule has 0 bridgehead atoms. The van der Waals surface area contributed by atoms with Gasteiger partial charge in [0.25, 0.3) is 0 Å². The maximum absolute atomic E-state index is 12.9. The van der Waals surface area contributed by atoms with E-state index in [2.05, 4.69) is 51.7 Å². The van der Waals surface area contributed by atoms with Gasteiger partial charge in [-0.15, -0.1) is 0 Å². The fraction of sp³-hybridized carbons (Fsp3) is 0.409. The van der Waals surface area contributed by atoms with Gasteiger partial charge in [0, 0.05) is 45.8 Å². The van der Waals surface area contributed by atoms with E-state index in [1.165, 1.54) is 17.7 Å². The van der Waals surface area contributed by atoms with Crippen LogP contribution in [0.4, 0.5) is 9.18 Å². The fourth-order valence-corrected chi connectivity index (χ4v) is 3.24. The molecular weight excluding hydrogens is 355 g/mol. The monoisotopic (exact) mass is 384 g/mol. The molecule has 0 unspecified atom stereocenters. The van der Waals surface area contributed by atoms with E-state index in [9.17, 15) is 9.18 Å². The van der Waals surface area contributed by atoms with Crippen molar-refractivity contribution >= 4 is 6.03 Å². The first-order valence-corrected chi connectivity index (χ1v) is 9.83. The number of carbonyl (C=O) groups excluding carboxylic acids is 1. The lowest BCUT2D eigenvalue weighted by Crippen LogP contribution is -2.43. The first kappa shape index (κ1) is 20.3. The first-order valence-electron chi connectivity index (χ1n) is 9.83. The summed E-state index contributed by atoms with van der Waals surface area (Å²) in [4.78, 5) is 16.8. The summed E-state index contributed by atoms with van der Waals surface area (Å²) in [5, 5.41) is 5.70. The standard InChI is InChI=1S/C22H29FN4O/c1-26-12-14-27(15-13-26)17-20-4-2-19(3-5-20)16-25-22(28)24-11-10-18-6-8-21(23)9-7-18/h2-9H,10-17H2,1H3,(H2,24,25,28). The minimum absolute atomic E-state index is 0.191. The van der Waals surface area contributed by atoms with Crippen molar-refractivity contribution in [2.24, 2.45) is 0 Å². The Kier molecular flexibility index (Phi) is 7.39. The zero-order valence-electron chi connectivity index (χ0n) is 16.5. The molecule has 2 aromatic rings. The molecule has 0 spiro atoms. The van der Waals surface area contributed by atoms with Gasteiger partial charge >= 0.3 is 6.03 Å². The zero-order valence-corrected chi connectivity index (χ0v) is 16.5. The fourth-order valence-electron chi connectivity index (χ4n) is 3.24. The number of piperazine rings is 1. The Hall–Kier alpha value is -2.44. The van der Waals surface area contributed by atoms with Crippen LogP contribution in [0.5, 0.6) is 0 Å². The third-order valence-corrected chi connectivity index (χ3v) is 5.09. The van der Waals surface area contributed by atoms with Gasteiger partial charge in [-0.05, 0) is 42.3 Å². The number of benzene rings is 2. The van der Waals surface area contributed by atoms with E-state index in [1.807, 2.05) is 0 Å². The van der Waals surface area contributed by atoms with E-state index in [4.69, 9.17) is 0 Å². The molecule has 0 aliphatic carbocycles. The van der Waals surface area contributed by atoms with Crippen molar-refractivity contribution in [2.45, 2.75) is 19.5 Å². The normalized spacial score (nSPS) is 15.4. The van der Waals surface area contributed by atoms with Crippen molar-refractivity contribution in [1.82, 2.24) is 20.4 Å². The second-order valence-corrected chi connectivity index (χ2v) is 7.38. The minimum Gasteiger partial charge on any atom is -0.338 e. The zero-order chi connectivity index (χ0) is 19.8. The van der Waals surface area contributed by atoms with E-state index in [0.29, 0.717) is 19.5 Å². The van der Waals surface area contributed by atoms with Gasteiger partial charge in [-0.25, -0.2) is 9.18 Å². The van der Waals surface area contributed by atoms with E-state index >= 15 is 0 Å². The number of likely N-dealkylation sites (N-methyl/N-ethyl adjacent to an activating group) is 1. The van der Waals surface area contributed by atoms with Gasteiger partial charge in [-0.3, -0.25) is 4.90 Å². The molecule has 1 saturated heterocycles. The molecule has 150 valence electrons. The summed E-state index contributed by atoms with van der Waals surface area (Å²) >= 11 is 0. The molecule has 1 aliphatic heterocycles. The molecule has 6 heteroatoms. The quantitative estimate of drug-likeness (QED) is 0.772. The molecule has 0 saturated carbocycles. The topological polar surface area (TPSA) is 47.6 Å². The van der Waals surface area contributed by atoms with Crippen molar-refractivity contribution in [1.29, 1.82) is 0 Å². The maximum Gasteiger partial charge on any atom is 0.315 e. The average molecular weight is 384 g/mol. The number of nitrogens with zero attached hydrogens (tertiary/aromatic N) is 2. The lowest BCUT2D eigenvalue weighted by Gasteiger charge is -2.32. The van der Waals surface area contributed by atoms with Crippen molar-refractivity contribution in [3.63, 3.8) is 0 Å². The Labute approximate surface area is 166 Å². The molecule has 0 atom stereocenters. The average Bonchev–Trinajstić information content (AvgIpc) is 2.71. The highest BCUT2D eigenvalue weighted by molar-refractivity contribution is 5.73. The summed E-state index contributed by atoms with van der Waals surface area (Å²) in [5.74, 6) is -0.246. The smallest absolute Gasteiger partial charge is 0.315 e. The molecule has 2 aromatic carbocycles. The molecule has 1 aliphatic rings. The van der Waals surface area contributed by atoms with Gasteiger partial charge in [-0.1, -0.05) is 36.4 Å². The number of nitrogens with one attached hydrogen (secondary N) is 2. The maximum atomic E-state index is 12.9. The molecule has 0 aromatic heterocycles. The van der Waals surface area contributed by atoms with Crippen LogP contribution >= 0.6 is 0 Å². The van der Waals surface area contributed by atoms with Crippen LogP contribution in [0, 0.1) is 5.82 Å². The van der Waals surface area contributed by atoms with E-state index in [0.717, 1.165) is 43.9 Å². The third-order valence-electron chi connectivity index (χ3n) is 5.09. The number of hydrogen-bond donors (Lipinski definition) is 2. The van der Waals surface area contributed by atoms with Gasteiger partial charge in [0.2, 0.25) is 0 Å². The second-order valence-electron chi connectivity index (χ2n) is 7.38.